The van der Waals surface area contributed by atoms with Gasteiger partial charge in [-0.3, -0.25) is 0 Å². The summed E-state index contributed by atoms with van der Waals surface area (Å²) < 4.78 is 0. The quantitative estimate of drug-likeness (QED) is 0.757. The average Bonchev–Trinajstić information content (AvgIpc) is 2.50. The van der Waals surface area contributed by atoms with Crippen molar-refractivity contribution in [1.82, 2.24) is 9.97 Å². The van der Waals surface area contributed by atoms with Gasteiger partial charge in [-0.2, -0.15) is 0 Å². The van der Waals surface area contributed by atoms with Crippen molar-refractivity contribution in [3.8, 4) is 0 Å². The van der Waals surface area contributed by atoms with Gasteiger partial charge in [0.15, 0.2) is 0 Å². The monoisotopic (exact) mass is 291 g/mol. The van der Waals surface area contributed by atoms with Crippen molar-refractivity contribution in [2.75, 3.05) is 29.5 Å². The predicted molar refractivity (Wildman–Crippen MR) is 89.8 cm³/mol. The van der Waals surface area contributed by atoms with Gasteiger partial charge in [0.25, 0.3) is 0 Å². The molecule has 1 aromatic carbocycles. The van der Waals surface area contributed by atoms with E-state index in [2.05, 4.69) is 28.1 Å². The maximum atomic E-state index is 6.03. The summed E-state index contributed by atoms with van der Waals surface area (Å²) in [4.78, 5) is 11.0. The molecule has 4 N–H and O–H groups in total. The Bertz CT molecular complexity index is 839. The van der Waals surface area contributed by atoms with Gasteiger partial charge >= 0.3 is 0 Å². The second-order valence-corrected chi connectivity index (χ2v) is 5.66. The molecule has 1 aliphatic heterocycles. The molecule has 5 heteroatoms. The van der Waals surface area contributed by atoms with E-state index in [9.17, 15) is 0 Å². The number of nitrogen functional groups attached to an aromatic ring is 2. The first-order valence-electron chi connectivity index (χ1n) is 7.33. The fourth-order valence-electron chi connectivity index (χ4n) is 2.95. The van der Waals surface area contributed by atoms with Crippen LogP contribution in [0.4, 0.5) is 17.3 Å². The number of pyridine rings is 2. The molecule has 1 saturated heterocycles. The lowest BCUT2D eigenvalue weighted by molar-refractivity contribution is 0.521. The molecule has 0 bridgehead atoms. The Hall–Kier alpha value is -2.82. The molecule has 0 amide bonds. The minimum atomic E-state index is 0.388. The smallest absolute Gasteiger partial charge is 0.146 e. The summed E-state index contributed by atoms with van der Waals surface area (Å²) >= 11 is 0. The molecular weight excluding hydrogens is 274 g/mol. The molecule has 0 saturated carbocycles. The van der Waals surface area contributed by atoms with Crippen molar-refractivity contribution in [2.24, 2.45) is 0 Å². The number of para-hydroxylation sites is 1. The van der Waals surface area contributed by atoms with E-state index in [1.807, 2.05) is 24.3 Å². The highest BCUT2D eigenvalue weighted by Crippen LogP contribution is 2.35. The van der Waals surface area contributed by atoms with Crippen LogP contribution in [-0.2, 0) is 0 Å². The van der Waals surface area contributed by atoms with Gasteiger partial charge in [-0.15, -0.1) is 0 Å². The predicted octanol–water partition coefficient (Wildman–Crippen LogP) is 2.40. The Morgan fingerprint density at radius 2 is 1.82 bits per heavy atom. The average molecular weight is 291 g/mol. The first-order chi connectivity index (χ1) is 10.7. The third-order valence-corrected chi connectivity index (χ3v) is 4.28. The molecule has 0 aliphatic carbocycles. The lowest BCUT2D eigenvalue weighted by Crippen LogP contribution is -2.45. The molecule has 2 aromatic heterocycles. The first kappa shape index (κ1) is 12.9. The van der Waals surface area contributed by atoms with Crippen LogP contribution in [0.2, 0.25) is 0 Å². The summed E-state index contributed by atoms with van der Waals surface area (Å²) in [5, 5.41) is 1.16. The van der Waals surface area contributed by atoms with Crippen LogP contribution in [0.5, 0.6) is 0 Å². The van der Waals surface area contributed by atoms with Crippen LogP contribution in [0, 0.1) is 0 Å². The molecule has 5 nitrogen and oxygen atoms in total. The van der Waals surface area contributed by atoms with Crippen molar-refractivity contribution in [3.63, 3.8) is 0 Å². The van der Waals surface area contributed by atoms with Crippen molar-refractivity contribution in [2.45, 2.75) is 5.92 Å². The molecular formula is C17H17N5. The normalized spacial score (nSPS) is 15.0. The third kappa shape index (κ3) is 2.02. The lowest BCUT2D eigenvalue weighted by atomic mass is 9.91. The number of rotatable bonds is 2. The summed E-state index contributed by atoms with van der Waals surface area (Å²) in [6.07, 6.45) is 1.72. The van der Waals surface area contributed by atoms with E-state index < -0.39 is 0 Å². The van der Waals surface area contributed by atoms with E-state index in [1.165, 1.54) is 0 Å². The lowest BCUT2D eigenvalue weighted by Gasteiger charge is -2.41. The zero-order valence-electron chi connectivity index (χ0n) is 12.1. The van der Waals surface area contributed by atoms with E-state index >= 15 is 0 Å². The molecule has 1 aliphatic rings. The van der Waals surface area contributed by atoms with E-state index in [0.717, 1.165) is 35.4 Å². The topological polar surface area (TPSA) is 81.1 Å². The second-order valence-electron chi connectivity index (χ2n) is 5.66. The van der Waals surface area contributed by atoms with Gasteiger partial charge in [0.1, 0.15) is 11.6 Å². The molecule has 110 valence electrons. The zero-order chi connectivity index (χ0) is 15.1. The van der Waals surface area contributed by atoms with Gasteiger partial charge in [0.2, 0.25) is 0 Å². The van der Waals surface area contributed by atoms with Crippen LogP contribution in [0.3, 0.4) is 0 Å². The van der Waals surface area contributed by atoms with Crippen LogP contribution < -0.4 is 16.4 Å². The van der Waals surface area contributed by atoms with E-state index in [1.54, 1.807) is 6.20 Å². The SMILES string of the molecule is Nc1nccc(C2CN(c3ccc4ccccc4n3)C2)c1N. The number of hydrogen-bond donors (Lipinski definition) is 2. The molecule has 4 rings (SSSR count). The molecule has 1 fully saturated rings. The van der Waals surface area contributed by atoms with Crippen molar-refractivity contribution in [3.05, 3.63) is 54.2 Å². The molecule has 3 aromatic rings. The fraction of sp³-hybridized carbons (Fsp3) is 0.176. The van der Waals surface area contributed by atoms with Gasteiger partial charge in [0, 0.05) is 30.6 Å². The molecule has 3 heterocycles. The Morgan fingerprint density at radius 3 is 2.68 bits per heavy atom. The fourth-order valence-corrected chi connectivity index (χ4v) is 2.95. The maximum absolute atomic E-state index is 6.03. The van der Waals surface area contributed by atoms with E-state index in [-0.39, 0.29) is 0 Å². The number of nitrogens with zero attached hydrogens (tertiary/aromatic N) is 3. The largest absolute Gasteiger partial charge is 0.396 e. The molecule has 0 spiro atoms. The Morgan fingerprint density at radius 1 is 1.00 bits per heavy atom. The first-order valence-corrected chi connectivity index (χ1v) is 7.33. The summed E-state index contributed by atoms with van der Waals surface area (Å²) in [5.41, 5.74) is 14.5. The number of nitrogens with two attached hydrogens (primary N) is 2. The Kier molecular flexibility index (Phi) is 2.85. The van der Waals surface area contributed by atoms with Crippen molar-refractivity contribution >= 4 is 28.2 Å². The van der Waals surface area contributed by atoms with Crippen molar-refractivity contribution < 1.29 is 0 Å². The van der Waals surface area contributed by atoms with Crippen molar-refractivity contribution in [1.29, 1.82) is 0 Å². The summed E-state index contributed by atoms with van der Waals surface area (Å²) in [7, 11) is 0. The number of fused-ring (bicyclic) bond motifs is 1. The maximum Gasteiger partial charge on any atom is 0.146 e. The Labute approximate surface area is 128 Å². The highest BCUT2D eigenvalue weighted by Gasteiger charge is 2.30. The highest BCUT2D eigenvalue weighted by molar-refractivity contribution is 5.80. The van der Waals surface area contributed by atoms with Crippen LogP contribution in [-0.4, -0.2) is 23.1 Å². The molecule has 0 atom stereocenters. The standard InChI is InChI=1S/C17H17N5/c18-16-13(7-8-20-17(16)19)12-9-22(10-12)15-6-5-11-3-1-2-4-14(11)21-15/h1-8,12H,9-10,18H2,(H2,19,20). The van der Waals surface area contributed by atoms with Gasteiger partial charge in [-0.05, 0) is 29.8 Å². The van der Waals surface area contributed by atoms with E-state index in [4.69, 9.17) is 16.5 Å². The second kappa shape index (κ2) is 4.87. The highest BCUT2D eigenvalue weighted by atomic mass is 15.2. The number of anilines is 3. The number of hydrogen-bond acceptors (Lipinski definition) is 5. The van der Waals surface area contributed by atoms with Gasteiger partial charge in [-0.1, -0.05) is 18.2 Å². The van der Waals surface area contributed by atoms with Crippen LogP contribution in [0.15, 0.2) is 48.7 Å². The molecule has 22 heavy (non-hydrogen) atoms. The minimum Gasteiger partial charge on any atom is -0.396 e. The van der Waals surface area contributed by atoms with Crippen LogP contribution in [0.1, 0.15) is 11.5 Å². The van der Waals surface area contributed by atoms with Crippen LogP contribution >= 0.6 is 0 Å². The Balaban J connectivity index is 1.56. The molecule has 0 unspecified atom stereocenters. The minimum absolute atomic E-state index is 0.388. The van der Waals surface area contributed by atoms with Gasteiger partial charge in [0.05, 0.1) is 11.2 Å². The summed E-state index contributed by atoms with van der Waals surface area (Å²) in [6, 6.07) is 14.3. The number of benzene rings is 1. The number of aromatic nitrogens is 2. The zero-order valence-corrected chi connectivity index (χ0v) is 12.1. The third-order valence-electron chi connectivity index (χ3n) is 4.28. The van der Waals surface area contributed by atoms with Gasteiger partial charge < -0.3 is 16.4 Å². The summed E-state index contributed by atoms with van der Waals surface area (Å²) in [5.74, 6) is 1.81. The van der Waals surface area contributed by atoms with Gasteiger partial charge in [-0.25, -0.2) is 9.97 Å². The molecule has 0 radical (unpaired) electrons. The van der Waals surface area contributed by atoms with E-state index in [0.29, 0.717) is 17.4 Å². The summed E-state index contributed by atoms with van der Waals surface area (Å²) in [6.45, 7) is 1.80. The van der Waals surface area contributed by atoms with Crippen LogP contribution in [0.25, 0.3) is 10.9 Å².